The number of imidazole rings is 1. The molecule has 1 atom stereocenters. The molecule has 3 aromatic heterocycles. The van der Waals surface area contributed by atoms with Gasteiger partial charge in [0.15, 0.2) is 5.65 Å². The Bertz CT molecular complexity index is 1280. The van der Waals surface area contributed by atoms with Gasteiger partial charge in [0.05, 0.1) is 29.0 Å². The van der Waals surface area contributed by atoms with Gasteiger partial charge in [0.2, 0.25) is 0 Å². The number of benzene rings is 1. The lowest BCUT2D eigenvalue weighted by atomic mass is 10.0. The van der Waals surface area contributed by atoms with Crippen LogP contribution in [0.1, 0.15) is 23.7 Å². The quantitative estimate of drug-likeness (QED) is 0.583. The van der Waals surface area contributed by atoms with E-state index in [-0.39, 0.29) is 17.0 Å². The maximum atomic E-state index is 15.0. The van der Waals surface area contributed by atoms with Gasteiger partial charge in [-0.15, -0.1) is 0 Å². The van der Waals surface area contributed by atoms with Gasteiger partial charge in [-0.1, -0.05) is 0 Å². The van der Waals surface area contributed by atoms with Gasteiger partial charge in [-0.3, -0.25) is 4.79 Å². The number of pyridine rings is 1. The number of fused-ring (bicyclic) bond motifs is 2. The number of halogens is 1. The average molecular weight is 377 g/mol. The highest BCUT2D eigenvalue weighted by atomic mass is 19.1. The normalized spacial score (nSPS) is 17.0. The first-order chi connectivity index (χ1) is 13.5. The summed E-state index contributed by atoms with van der Waals surface area (Å²) in [7, 11) is 0. The van der Waals surface area contributed by atoms with E-state index in [0.29, 0.717) is 16.6 Å². The van der Waals surface area contributed by atoms with Crippen LogP contribution < -0.4 is 10.9 Å². The first kappa shape index (κ1) is 17.1. The van der Waals surface area contributed by atoms with Gasteiger partial charge in [0.1, 0.15) is 5.82 Å². The second-order valence-corrected chi connectivity index (χ2v) is 7.46. The van der Waals surface area contributed by atoms with E-state index in [9.17, 15) is 4.79 Å². The summed E-state index contributed by atoms with van der Waals surface area (Å²) in [5.74, 6) is -0.515. The Morgan fingerprint density at radius 2 is 2.11 bits per heavy atom. The van der Waals surface area contributed by atoms with Crippen LogP contribution in [-0.4, -0.2) is 32.3 Å². The van der Waals surface area contributed by atoms with E-state index in [1.165, 1.54) is 6.07 Å². The molecule has 4 aromatic rings. The predicted molar refractivity (Wildman–Crippen MR) is 106 cm³/mol. The van der Waals surface area contributed by atoms with Crippen LogP contribution in [0.2, 0.25) is 0 Å². The minimum atomic E-state index is -0.515. The lowest BCUT2D eigenvalue weighted by Crippen LogP contribution is -2.26. The lowest BCUT2D eigenvalue weighted by molar-refractivity contribution is 0.530. The monoisotopic (exact) mass is 377 g/mol. The van der Waals surface area contributed by atoms with E-state index in [0.717, 1.165) is 36.4 Å². The summed E-state index contributed by atoms with van der Waals surface area (Å²) >= 11 is 0. The topological polar surface area (TPSA) is 64.2 Å². The Morgan fingerprint density at radius 1 is 1.25 bits per heavy atom. The minimum absolute atomic E-state index is 0.0761. The maximum absolute atomic E-state index is 15.0. The molecule has 1 aliphatic rings. The molecule has 0 aliphatic carbocycles. The third kappa shape index (κ3) is 2.62. The summed E-state index contributed by atoms with van der Waals surface area (Å²) in [6.07, 6.45) is 4.49. The molecule has 1 N–H and O–H groups in total. The van der Waals surface area contributed by atoms with Gasteiger partial charge in [0, 0.05) is 18.3 Å². The predicted octanol–water partition coefficient (Wildman–Crippen LogP) is 3.00. The van der Waals surface area contributed by atoms with Crippen LogP contribution in [0.5, 0.6) is 0 Å². The molecule has 0 radical (unpaired) electrons. The lowest BCUT2D eigenvalue weighted by Gasteiger charge is -2.14. The first-order valence-corrected chi connectivity index (χ1v) is 9.40. The molecule has 4 heterocycles. The van der Waals surface area contributed by atoms with Gasteiger partial charge in [0.25, 0.3) is 5.56 Å². The molecular formula is C21H20FN5O. The fourth-order valence-electron chi connectivity index (χ4n) is 4.04. The van der Waals surface area contributed by atoms with E-state index in [4.69, 9.17) is 0 Å². The van der Waals surface area contributed by atoms with Crippen molar-refractivity contribution < 1.29 is 4.39 Å². The highest BCUT2D eigenvalue weighted by Gasteiger charge is 2.20. The van der Waals surface area contributed by atoms with Gasteiger partial charge in [-0.05, 0) is 62.0 Å². The molecule has 0 unspecified atom stereocenters. The summed E-state index contributed by atoms with van der Waals surface area (Å²) in [5.41, 5.74) is 3.63. The van der Waals surface area contributed by atoms with Crippen molar-refractivity contribution in [2.24, 2.45) is 0 Å². The molecule has 5 rings (SSSR count). The standard InChI is InChI=1S/C21H20FN5O/c1-12-7-18(25-27-11-13(2)24-20(12)27)15-8-14-4-6-26(16-3-5-23-10-16)21(28)19(14)17(22)9-15/h4,6-9,11,16,23H,3,5,10H2,1-2H3/t16-/m0/s1. The highest BCUT2D eigenvalue weighted by molar-refractivity contribution is 5.86. The van der Waals surface area contributed by atoms with E-state index < -0.39 is 5.82 Å². The van der Waals surface area contributed by atoms with Crippen LogP contribution >= 0.6 is 0 Å². The van der Waals surface area contributed by atoms with Gasteiger partial charge < -0.3 is 9.88 Å². The molecular weight excluding hydrogens is 357 g/mol. The van der Waals surface area contributed by atoms with E-state index in [1.54, 1.807) is 15.3 Å². The van der Waals surface area contributed by atoms with Crippen molar-refractivity contribution in [3.8, 4) is 11.3 Å². The number of rotatable bonds is 2. The van der Waals surface area contributed by atoms with E-state index >= 15 is 4.39 Å². The largest absolute Gasteiger partial charge is 0.315 e. The van der Waals surface area contributed by atoms with Gasteiger partial charge >= 0.3 is 0 Å². The van der Waals surface area contributed by atoms with Crippen molar-refractivity contribution in [1.29, 1.82) is 0 Å². The molecule has 142 valence electrons. The fourth-order valence-corrected chi connectivity index (χ4v) is 4.04. The fraction of sp³-hybridized carbons (Fsp3) is 0.286. The number of aromatic nitrogens is 4. The Balaban J connectivity index is 1.68. The van der Waals surface area contributed by atoms with Crippen LogP contribution in [0.3, 0.4) is 0 Å². The second kappa shape index (κ2) is 6.24. The molecule has 1 aliphatic heterocycles. The molecule has 7 heteroatoms. The Kier molecular flexibility index (Phi) is 3.80. The van der Waals surface area contributed by atoms with Crippen LogP contribution in [0.15, 0.2) is 41.5 Å². The molecule has 0 spiro atoms. The van der Waals surface area contributed by atoms with Crippen LogP contribution in [0, 0.1) is 19.7 Å². The molecule has 0 amide bonds. The van der Waals surface area contributed by atoms with Crippen molar-refractivity contribution in [3.05, 3.63) is 64.1 Å². The minimum Gasteiger partial charge on any atom is -0.315 e. The highest BCUT2D eigenvalue weighted by Crippen LogP contribution is 2.26. The summed E-state index contributed by atoms with van der Waals surface area (Å²) in [5, 5.41) is 8.54. The Labute approximate surface area is 160 Å². The van der Waals surface area contributed by atoms with E-state index in [2.05, 4.69) is 15.4 Å². The van der Waals surface area contributed by atoms with Crippen LogP contribution in [-0.2, 0) is 0 Å². The molecule has 6 nitrogen and oxygen atoms in total. The van der Waals surface area contributed by atoms with Crippen molar-refractivity contribution in [2.75, 3.05) is 13.1 Å². The zero-order valence-electron chi connectivity index (χ0n) is 15.7. The van der Waals surface area contributed by atoms with E-state index in [1.807, 2.05) is 38.2 Å². The molecule has 1 aromatic carbocycles. The van der Waals surface area contributed by atoms with Crippen molar-refractivity contribution >= 4 is 16.4 Å². The van der Waals surface area contributed by atoms with Gasteiger partial charge in [-0.25, -0.2) is 13.9 Å². The molecule has 1 fully saturated rings. The van der Waals surface area contributed by atoms with Crippen molar-refractivity contribution in [1.82, 2.24) is 24.5 Å². The molecule has 0 bridgehead atoms. The number of aryl methyl sites for hydroxylation is 2. The number of hydrogen-bond donors (Lipinski definition) is 1. The molecule has 0 saturated carbocycles. The molecule has 28 heavy (non-hydrogen) atoms. The third-order valence-corrected chi connectivity index (χ3v) is 5.44. The zero-order chi connectivity index (χ0) is 19.4. The number of nitrogens with one attached hydrogen (secondary N) is 1. The Morgan fingerprint density at radius 3 is 2.89 bits per heavy atom. The zero-order valence-corrected chi connectivity index (χ0v) is 15.7. The summed E-state index contributed by atoms with van der Waals surface area (Å²) in [4.78, 5) is 17.3. The van der Waals surface area contributed by atoms with Crippen molar-refractivity contribution in [2.45, 2.75) is 26.3 Å². The second-order valence-electron chi connectivity index (χ2n) is 7.46. The van der Waals surface area contributed by atoms with Crippen LogP contribution in [0.25, 0.3) is 27.7 Å². The number of hydrogen-bond acceptors (Lipinski definition) is 4. The third-order valence-electron chi connectivity index (χ3n) is 5.44. The summed E-state index contributed by atoms with van der Waals surface area (Å²) in [6, 6.07) is 7.02. The summed E-state index contributed by atoms with van der Waals surface area (Å²) in [6.45, 7) is 5.48. The van der Waals surface area contributed by atoms with Gasteiger partial charge in [-0.2, -0.15) is 5.10 Å². The van der Waals surface area contributed by atoms with Crippen molar-refractivity contribution in [3.63, 3.8) is 0 Å². The Hall–Kier alpha value is -3.06. The smallest absolute Gasteiger partial charge is 0.261 e. The SMILES string of the molecule is Cc1cn2nc(-c3cc(F)c4c(=O)n([C@H]5CCNC5)ccc4c3)cc(C)c2n1. The first-order valence-electron chi connectivity index (χ1n) is 9.40. The summed E-state index contributed by atoms with van der Waals surface area (Å²) < 4.78 is 18.4. The molecule has 1 saturated heterocycles. The van der Waals surface area contributed by atoms with Crippen LogP contribution in [0.4, 0.5) is 4.39 Å². The maximum Gasteiger partial charge on any atom is 0.261 e. The number of nitrogens with zero attached hydrogens (tertiary/aromatic N) is 4. The average Bonchev–Trinajstić information content (AvgIpc) is 3.31.